The van der Waals surface area contributed by atoms with Gasteiger partial charge in [-0.05, 0) is 0 Å². The maximum atomic E-state index is 5.27. The first-order chi connectivity index (χ1) is 7.93. The van der Waals surface area contributed by atoms with Gasteiger partial charge in [0.25, 0.3) is 0 Å². The predicted molar refractivity (Wildman–Crippen MR) is 61.3 cm³/mol. The molecule has 16 heavy (non-hydrogen) atoms. The molecule has 4 fully saturated rings. The van der Waals surface area contributed by atoms with Crippen LogP contribution in [-0.4, -0.2) is 52.6 Å². The van der Waals surface area contributed by atoms with Crippen molar-refractivity contribution in [1.82, 2.24) is 10.6 Å². The zero-order valence-electron chi connectivity index (χ0n) is 9.78. The minimum atomic E-state index is 0.843. The van der Waals surface area contributed by atoms with Gasteiger partial charge in [-0.2, -0.15) is 0 Å². The lowest BCUT2D eigenvalue weighted by atomic mass is 10.0. The van der Waals surface area contributed by atoms with Crippen LogP contribution in [0.1, 0.15) is 0 Å². The van der Waals surface area contributed by atoms with Gasteiger partial charge < -0.3 is 20.1 Å². The summed E-state index contributed by atoms with van der Waals surface area (Å²) in [6.07, 6.45) is 0. The highest BCUT2D eigenvalue weighted by Gasteiger charge is 2.32. The van der Waals surface area contributed by atoms with Crippen LogP contribution in [-0.2, 0) is 9.47 Å². The average molecular weight is 226 g/mol. The van der Waals surface area contributed by atoms with E-state index in [1.54, 1.807) is 0 Å². The monoisotopic (exact) mass is 226 g/mol. The lowest BCUT2D eigenvalue weighted by molar-refractivity contribution is 0.175. The van der Waals surface area contributed by atoms with Gasteiger partial charge in [0, 0.05) is 49.9 Å². The van der Waals surface area contributed by atoms with Crippen LogP contribution in [0.4, 0.5) is 0 Å². The molecule has 0 saturated carbocycles. The molecule has 4 nitrogen and oxygen atoms in total. The van der Waals surface area contributed by atoms with Gasteiger partial charge in [-0.25, -0.2) is 0 Å². The number of hydrogen-bond acceptors (Lipinski definition) is 4. The van der Waals surface area contributed by atoms with E-state index in [0.29, 0.717) is 0 Å². The molecule has 92 valence electrons. The summed E-state index contributed by atoms with van der Waals surface area (Å²) >= 11 is 0. The van der Waals surface area contributed by atoms with Gasteiger partial charge in [-0.1, -0.05) is 0 Å². The summed E-state index contributed by atoms with van der Waals surface area (Å²) in [5.74, 6) is 3.37. The number of ether oxygens (including phenoxy) is 2. The Morgan fingerprint density at radius 3 is 1.19 bits per heavy atom. The Hall–Kier alpha value is -0.160. The molecule has 4 rings (SSSR count). The fraction of sp³-hybridized carbons (Fsp3) is 1.00. The Labute approximate surface area is 97.1 Å². The minimum Gasteiger partial charge on any atom is -0.381 e. The molecule has 0 aromatic heterocycles. The predicted octanol–water partition coefficient (Wildman–Crippen LogP) is -0.296. The second-order valence-electron chi connectivity index (χ2n) is 5.43. The van der Waals surface area contributed by atoms with Gasteiger partial charge in [0.15, 0.2) is 0 Å². The number of nitrogens with one attached hydrogen (secondary N) is 2. The van der Waals surface area contributed by atoms with Crippen molar-refractivity contribution in [1.29, 1.82) is 0 Å². The fourth-order valence-corrected chi connectivity index (χ4v) is 3.10. The first kappa shape index (κ1) is 11.0. The van der Waals surface area contributed by atoms with Crippen LogP contribution in [0.15, 0.2) is 0 Å². The molecule has 0 bridgehead atoms. The van der Waals surface area contributed by atoms with E-state index in [0.717, 1.165) is 50.1 Å². The first-order valence-corrected chi connectivity index (χ1v) is 6.50. The van der Waals surface area contributed by atoms with Crippen molar-refractivity contribution in [3.63, 3.8) is 0 Å². The fourth-order valence-electron chi connectivity index (χ4n) is 3.10. The Morgan fingerprint density at radius 1 is 0.562 bits per heavy atom. The molecular weight excluding hydrogens is 204 g/mol. The molecule has 4 heteroatoms. The van der Waals surface area contributed by atoms with Crippen molar-refractivity contribution in [2.45, 2.75) is 0 Å². The summed E-state index contributed by atoms with van der Waals surface area (Å²) in [7, 11) is 0. The molecule has 0 aromatic rings. The van der Waals surface area contributed by atoms with E-state index < -0.39 is 0 Å². The van der Waals surface area contributed by atoms with Gasteiger partial charge in [-0.3, -0.25) is 0 Å². The average Bonchev–Trinajstić information content (AvgIpc) is 2.99. The van der Waals surface area contributed by atoms with E-state index in [1.165, 1.54) is 26.2 Å². The molecule has 4 saturated heterocycles. The molecule has 0 aromatic carbocycles. The van der Waals surface area contributed by atoms with Crippen LogP contribution < -0.4 is 10.6 Å². The smallest absolute Gasteiger partial charge is 0.0510 e. The molecule has 0 aliphatic carbocycles. The topological polar surface area (TPSA) is 42.5 Å². The second-order valence-corrected chi connectivity index (χ2v) is 5.43. The van der Waals surface area contributed by atoms with Crippen molar-refractivity contribution in [3.8, 4) is 0 Å². The SMILES string of the molecule is C1NC[C@@H]2COC[C@@H]12.C1NC[C@H]2COC[C@H]12. The van der Waals surface area contributed by atoms with Crippen LogP contribution in [0.25, 0.3) is 0 Å². The molecule has 4 heterocycles. The van der Waals surface area contributed by atoms with Crippen molar-refractivity contribution >= 4 is 0 Å². The van der Waals surface area contributed by atoms with Crippen molar-refractivity contribution in [3.05, 3.63) is 0 Å². The highest BCUT2D eigenvalue weighted by Crippen LogP contribution is 2.23. The highest BCUT2D eigenvalue weighted by molar-refractivity contribution is 4.84. The highest BCUT2D eigenvalue weighted by atomic mass is 16.5. The van der Waals surface area contributed by atoms with Gasteiger partial charge in [0.2, 0.25) is 0 Å². The van der Waals surface area contributed by atoms with E-state index in [9.17, 15) is 0 Å². The molecular formula is C12H22N2O2. The summed E-state index contributed by atoms with van der Waals surface area (Å²) < 4.78 is 10.5. The Kier molecular flexibility index (Phi) is 3.43. The van der Waals surface area contributed by atoms with Gasteiger partial charge in [-0.15, -0.1) is 0 Å². The Morgan fingerprint density at radius 2 is 0.875 bits per heavy atom. The zero-order chi connectivity index (χ0) is 10.8. The maximum Gasteiger partial charge on any atom is 0.0510 e. The van der Waals surface area contributed by atoms with Gasteiger partial charge in [0.05, 0.1) is 26.4 Å². The number of fused-ring (bicyclic) bond motifs is 2. The van der Waals surface area contributed by atoms with Crippen LogP contribution in [0.2, 0.25) is 0 Å². The lowest BCUT2D eigenvalue weighted by Gasteiger charge is -1.99. The van der Waals surface area contributed by atoms with Crippen LogP contribution in [0.5, 0.6) is 0 Å². The zero-order valence-corrected chi connectivity index (χ0v) is 9.78. The second kappa shape index (κ2) is 5.00. The number of rotatable bonds is 0. The number of hydrogen-bond donors (Lipinski definition) is 2. The van der Waals surface area contributed by atoms with E-state index in [1.807, 2.05) is 0 Å². The standard InChI is InChI=1S/2C6H11NO/c2*1-5-3-8-4-6(5)2-7-1/h2*5-7H,1-4H2/t2*5-,6-/m10/s1. The third-order valence-corrected chi connectivity index (χ3v) is 4.29. The van der Waals surface area contributed by atoms with E-state index >= 15 is 0 Å². The summed E-state index contributed by atoms with van der Waals surface area (Å²) in [6.45, 7) is 8.73. The summed E-state index contributed by atoms with van der Waals surface area (Å²) in [5, 5.41) is 6.69. The molecule has 0 amide bonds. The van der Waals surface area contributed by atoms with Gasteiger partial charge >= 0.3 is 0 Å². The van der Waals surface area contributed by atoms with E-state index in [-0.39, 0.29) is 0 Å². The Balaban J connectivity index is 0.000000101. The summed E-state index contributed by atoms with van der Waals surface area (Å²) in [6, 6.07) is 0. The van der Waals surface area contributed by atoms with E-state index in [2.05, 4.69) is 10.6 Å². The molecule has 2 N–H and O–H groups in total. The van der Waals surface area contributed by atoms with E-state index in [4.69, 9.17) is 9.47 Å². The Bertz CT molecular complexity index is 173. The molecule has 4 aliphatic heterocycles. The third kappa shape index (κ3) is 2.25. The van der Waals surface area contributed by atoms with Crippen LogP contribution in [0, 0.1) is 23.7 Å². The summed E-state index contributed by atoms with van der Waals surface area (Å²) in [5.41, 5.74) is 0. The van der Waals surface area contributed by atoms with Crippen molar-refractivity contribution in [2.75, 3.05) is 52.6 Å². The molecule has 0 unspecified atom stereocenters. The maximum absolute atomic E-state index is 5.27. The molecule has 0 radical (unpaired) electrons. The van der Waals surface area contributed by atoms with Crippen LogP contribution in [0.3, 0.4) is 0 Å². The van der Waals surface area contributed by atoms with Crippen LogP contribution >= 0.6 is 0 Å². The van der Waals surface area contributed by atoms with Crippen molar-refractivity contribution in [2.24, 2.45) is 23.7 Å². The third-order valence-electron chi connectivity index (χ3n) is 4.29. The minimum absolute atomic E-state index is 0.843. The largest absolute Gasteiger partial charge is 0.381 e. The van der Waals surface area contributed by atoms with Crippen molar-refractivity contribution < 1.29 is 9.47 Å². The summed E-state index contributed by atoms with van der Waals surface area (Å²) in [4.78, 5) is 0. The quantitative estimate of drug-likeness (QED) is 0.595. The normalized spacial score (nSPS) is 45.0. The molecule has 0 spiro atoms. The lowest BCUT2D eigenvalue weighted by Crippen LogP contribution is -2.11. The molecule has 4 atom stereocenters. The van der Waals surface area contributed by atoms with Gasteiger partial charge in [0.1, 0.15) is 0 Å². The first-order valence-electron chi connectivity index (χ1n) is 6.50. The molecule has 4 aliphatic rings.